The van der Waals surface area contributed by atoms with Crippen molar-refractivity contribution in [3.8, 4) is 0 Å². The molecular weight excluding hydrogens is 196 g/mol. The van der Waals surface area contributed by atoms with Gasteiger partial charge in [-0.15, -0.1) is 0 Å². The first-order valence-electron chi connectivity index (χ1n) is 5.36. The Kier molecular flexibility index (Phi) is 4.52. The Morgan fingerprint density at radius 2 is 1.94 bits per heavy atom. The van der Waals surface area contributed by atoms with Crippen LogP contribution < -0.4 is 5.73 Å². The number of hydrogen-bond donors (Lipinski definition) is 1. The van der Waals surface area contributed by atoms with E-state index in [0.29, 0.717) is 5.92 Å². The number of aliphatic imine (C=N–C) groups is 1. The molecule has 0 aliphatic carbocycles. The Balaban J connectivity index is 3.03. The van der Waals surface area contributed by atoms with Crippen molar-refractivity contribution < 1.29 is 0 Å². The summed E-state index contributed by atoms with van der Waals surface area (Å²) in [7, 11) is 0. The van der Waals surface area contributed by atoms with E-state index in [1.165, 1.54) is 6.20 Å². The normalized spacial score (nSPS) is 12.3. The number of para-hydroxylation sites is 1. The molecule has 1 aromatic carbocycles. The van der Waals surface area contributed by atoms with Gasteiger partial charge in [0.2, 0.25) is 0 Å². The fourth-order valence-corrected chi connectivity index (χ4v) is 1.24. The van der Waals surface area contributed by atoms with Crippen LogP contribution in [0, 0.1) is 5.92 Å². The number of nitrogens with two attached hydrogens (primary N) is 1. The first-order chi connectivity index (χ1) is 7.65. The first kappa shape index (κ1) is 12.2. The number of hydrogen-bond acceptors (Lipinski definition) is 2. The van der Waals surface area contributed by atoms with Crippen LogP contribution in [0.1, 0.15) is 13.8 Å². The maximum Gasteiger partial charge on any atom is 0.0679 e. The number of benzene rings is 1. The lowest BCUT2D eigenvalue weighted by Gasteiger charge is -2.09. The van der Waals surface area contributed by atoms with Crippen molar-refractivity contribution in [2.45, 2.75) is 13.8 Å². The third-order valence-corrected chi connectivity index (χ3v) is 2.29. The zero-order valence-electron chi connectivity index (χ0n) is 9.85. The van der Waals surface area contributed by atoms with Gasteiger partial charge < -0.3 is 5.73 Å². The fourth-order valence-electron chi connectivity index (χ4n) is 1.24. The summed E-state index contributed by atoms with van der Waals surface area (Å²) in [6.45, 7) is 8.21. The highest BCUT2D eigenvalue weighted by Crippen LogP contribution is 2.16. The van der Waals surface area contributed by atoms with Crippen LogP contribution in [0.15, 0.2) is 59.8 Å². The van der Waals surface area contributed by atoms with Gasteiger partial charge in [0.1, 0.15) is 0 Å². The van der Waals surface area contributed by atoms with Gasteiger partial charge in [-0.1, -0.05) is 38.6 Å². The van der Waals surface area contributed by atoms with Crippen LogP contribution >= 0.6 is 0 Å². The van der Waals surface area contributed by atoms with Gasteiger partial charge in [-0.25, -0.2) is 4.99 Å². The van der Waals surface area contributed by atoms with E-state index in [-0.39, 0.29) is 0 Å². The van der Waals surface area contributed by atoms with E-state index in [9.17, 15) is 0 Å². The molecule has 2 heteroatoms. The largest absolute Gasteiger partial charge is 0.405 e. The minimum absolute atomic E-state index is 0.360. The Labute approximate surface area is 97.2 Å². The van der Waals surface area contributed by atoms with Gasteiger partial charge in [-0.3, -0.25) is 0 Å². The average molecular weight is 214 g/mol. The molecule has 2 nitrogen and oxygen atoms in total. The summed E-state index contributed by atoms with van der Waals surface area (Å²) in [5, 5.41) is 0. The Hall–Kier alpha value is -1.83. The SMILES string of the molecule is C=C(C(C=CN)=Nc1ccccc1)C(C)C. The molecule has 0 saturated carbocycles. The smallest absolute Gasteiger partial charge is 0.0679 e. The molecule has 1 rings (SSSR count). The van der Waals surface area contributed by atoms with Gasteiger partial charge in [-0.05, 0) is 35.9 Å². The summed E-state index contributed by atoms with van der Waals surface area (Å²) in [4.78, 5) is 4.52. The molecule has 0 atom stereocenters. The molecule has 16 heavy (non-hydrogen) atoms. The van der Waals surface area contributed by atoms with Gasteiger partial charge >= 0.3 is 0 Å². The first-order valence-corrected chi connectivity index (χ1v) is 5.36. The number of rotatable bonds is 4. The monoisotopic (exact) mass is 214 g/mol. The lowest BCUT2D eigenvalue weighted by Crippen LogP contribution is -2.05. The molecule has 0 spiro atoms. The van der Waals surface area contributed by atoms with Crippen LogP contribution in [-0.2, 0) is 0 Å². The molecule has 0 radical (unpaired) electrons. The summed E-state index contributed by atoms with van der Waals surface area (Å²) in [6, 6.07) is 9.80. The van der Waals surface area contributed by atoms with Crippen molar-refractivity contribution in [3.63, 3.8) is 0 Å². The van der Waals surface area contributed by atoms with Crippen molar-refractivity contribution in [1.29, 1.82) is 0 Å². The second-order valence-corrected chi connectivity index (χ2v) is 3.87. The molecule has 0 unspecified atom stereocenters. The van der Waals surface area contributed by atoms with Crippen molar-refractivity contribution in [2.24, 2.45) is 16.6 Å². The van der Waals surface area contributed by atoms with Gasteiger partial charge in [0, 0.05) is 0 Å². The standard InChI is InChI=1S/C14H18N2/c1-11(2)12(3)14(9-10-15)16-13-7-5-4-6-8-13/h4-11H,3,15H2,1-2H3. The van der Waals surface area contributed by atoms with Crippen molar-refractivity contribution in [3.05, 3.63) is 54.8 Å². The zero-order valence-corrected chi connectivity index (χ0v) is 9.85. The van der Waals surface area contributed by atoms with E-state index in [0.717, 1.165) is 17.0 Å². The molecular formula is C14H18N2. The molecule has 0 heterocycles. The van der Waals surface area contributed by atoms with E-state index in [1.807, 2.05) is 30.3 Å². The van der Waals surface area contributed by atoms with Gasteiger partial charge in [0.15, 0.2) is 0 Å². The fraction of sp³-hybridized carbons (Fsp3) is 0.214. The molecule has 1 aromatic rings. The maximum absolute atomic E-state index is 5.42. The molecule has 0 bridgehead atoms. The highest BCUT2D eigenvalue weighted by atomic mass is 14.7. The molecule has 0 aromatic heterocycles. The minimum Gasteiger partial charge on any atom is -0.405 e. The maximum atomic E-state index is 5.42. The van der Waals surface area contributed by atoms with Crippen LogP contribution in [0.2, 0.25) is 0 Å². The molecule has 0 aliphatic rings. The van der Waals surface area contributed by atoms with E-state index in [2.05, 4.69) is 25.4 Å². The minimum atomic E-state index is 0.360. The molecule has 84 valence electrons. The van der Waals surface area contributed by atoms with Crippen LogP contribution in [0.5, 0.6) is 0 Å². The number of nitrogens with zero attached hydrogens (tertiary/aromatic N) is 1. The molecule has 0 aliphatic heterocycles. The van der Waals surface area contributed by atoms with Crippen molar-refractivity contribution in [1.82, 2.24) is 0 Å². The topological polar surface area (TPSA) is 38.4 Å². The number of allylic oxidation sites excluding steroid dienone is 2. The van der Waals surface area contributed by atoms with Crippen LogP contribution in [0.25, 0.3) is 0 Å². The molecule has 0 fully saturated rings. The van der Waals surface area contributed by atoms with Crippen LogP contribution in [0.4, 0.5) is 5.69 Å². The van der Waals surface area contributed by atoms with E-state index < -0.39 is 0 Å². The molecule has 0 saturated heterocycles. The average Bonchev–Trinajstić information content (AvgIpc) is 2.29. The van der Waals surface area contributed by atoms with E-state index >= 15 is 0 Å². The summed E-state index contributed by atoms with van der Waals surface area (Å²) in [6.07, 6.45) is 3.28. The summed E-state index contributed by atoms with van der Waals surface area (Å²) in [5.41, 5.74) is 8.16. The Morgan fingerprint density at radius 1 is 1.31 bits per heavy atom. The Bertz CT molecular complexity index is 400. The van der Waals surface area contributed by atoms with Crippen molar-refractivity contribution in [2.75, 3.05) is 0 Å². The predicted octanol–water partition coefficient (Wildman–Crippen LogP) is 3.44. The van der Waals surface area contributed by atoms with Crippen LogP contribution in [-0.4, -0.2) is 5.71 Å². The van der Waals surface area contributed by atoms with Crippen molar-refractivity contribution >= 4 is 11.4 Å². The van der Waals surface area contributed by atoms with Gasteiger partial charge in [0.05, 0.1) is 11.4 Å². The summed E-state index contributed by atoms with van der Waals surface area (Å²) >= 11 is 0. The second-order valence-electron chi connectivity index (χ2n) is 3.87. The third kappa shape index (κ3) is 3.39. The highest BCUT2D eigenvalue weighted by molar-refractivity contribution is 6.09. The second kappa shape index (κ2) is 5.91. The lowest BCUT2D eigenvalue weighted by atomic mass is 10.00. The third-order valence-electron chi connectivity index (χ3n) is 2.29. The Morgan fingerprint density at radius 3 is 2.44 bits per heavy atom. The van der Waals surface area contributed by atoms with Gasteiger partial charge in [-0.2, -0.15) is 0 Å². The molecule has 0 amide bonds. The zero-order chi connectivity index (χ0) is 12.0. The van der Waals surface area contributed by atoms with Gasteiger partial charge in [0.25, 0.3) is 0 Å². The highest BCUT2D eigenvalue weighted by Gasteiger charge is 2.05. The van der Waals surface area contributed by atoms with E-state index in [1.54, 1.807) is 6.08 Å². The van der Waals surface area contributed by atoms with E-state index in [4.69, 9.17) is 5.73 Å². The van der Waals surface area contributed by atoms with Crippen LogP contribution in [0.3, 0.4) is 0 Å². The summed E-state index contributed by atoms with van der Waals surface area (Å²) < 4.78 is 0. The predicted molar refractivity (Wildman–Crippen MR) is 70.8 cm³/mol. The quantitative estimate of drug-likeness (QED) is 0.766. The summed E-state index contributed by atoms with van der Waals surface area (Å²) in [5.74, 6) is 0.360. The lowest BCUT2D eigenvalue weighted by molar-refractivity contribution is 0.807. The molecule has 2 N–H and O–H groups in total.